The van der Waals surface area contributed by atoms with Crippen molar-refractivity contribution in [2.24, 2.45) is 0 Å². The van der Waals surface area contributed by atoms with E-state index in [4.69, 9.17) is 9.68 Å². The summed E-state index contributed by atoms with van der Waals surface area (Å²) >= 11 is 0. The highest BCUT2D eigenvalue weighted by molar-refractivity contribution is 5.96. The molecule has 0 saturated carbocycles. The lowest BCUT2D eigenvalue weighted by Gasteiger charge is -2.04. The maximum Gasteiger partial charge on any atom is 0.270 e. The van der Waals surface area contributed by atoms with Crippen LogP contribution in [-0.2, 0) is 0 Å². The number of hydrogen-bond acceptors (Lipinski definition) is 3. The third-order valence-electron chi connectivity index (χ3n) is 1.73. The van der Waals surface area contributed by atoms with Crippen LogP contribution in [0.15, 0.2) is 10.5 Å². The Morgan fingerprint density at radius 3 is 2.62 bits per heavy atom. The highest BCUT2D eigenvalue weighted by atomic mass is 16.3. The van der Waals surface area contributed by atoms with Gasteiger partial charge in [0.15, 0.2) is 6.19 Å². The Kier molecular flexibility index (Phi) is 2.38. The van der Waals surface area contributed by atoms with E-state index in [0.29, 0.717) is 17.1 Å². The van der Waals surface area contributed by atoms with Crippen molar-refractivity contribution in [2.45, 2.75) is 13.8 Å². The Bertz CT molecular complexity index is 373. The van der Waals surface area contributed by atoms with Crippen molar-refractivity contribution in [3.8, 4) is 6.19 Å². The fourth-order valence-electron chi connectivity index (χ4n) is 1.07. The zero-order valence-corrected chi connectivity index (χ0v) is 7.79. The first-order chi connectivity index (χ1) is 6.06. The molecule has 0 unspecified atom stereocenters. The number of aryl methyl sites for hydroxylation is 2. The van der Waals surface area contributed by atoms with Crippen LogP contribution in [0.25, 0.3) is 0 Å². The van der Waals surface area contributed by atoms with Crippen molar-refractivity contribution < 1.29 is 9.21 Å². The average molecular weight is 178 g/mol. The molecule has 1 heterocycles. The second-order valence-electron chi connectivity index (χ2n) is 2.79. The highest BCUT2D eigenvalue weighted by Gasteiger charge is 2.16. The maximum atomic E-state index is 11.5. The van der Waals surface area contributed by atoms with E-state index in [1.54, 1.807) is 26.1 Å². The molecule has 4 nitrogen and oxygen atoms in total. The monoisotopic (exact) mass is 178 g/mol. The summed E-state index contributed by atoms with van der Waals surface area (Å²) < 4.78 is 5.17. The fourth-order valence-corrected chi connectivity index (χ4v) is 1.07. The minimum atomic E-state index is -0.336. The SMILES string of the molecule is Cc1cc(C(=O)N(C)C#N)c(C)o1. The molecular formula is C9H10N2O2. The number of rotatable bonds is 1. The summed E-state index contributed by atoms with van der Waals surface area (Å²) in [5.74, 6) is 0.883. The third-order valence-corrected chi connectivity index (χ3v) is 1.73. The molecular weight excluding hydrogens is 168 g/mol. The van der Waals surface area contributed by atoms with E-state index in [1.165, 1.54) is 7.05 Å². The van der Waals surface area contributed by atoms with Crippen LogP contribution < -0.4 is 0 Å². The molecule has 0 radical (unpaired) electrons. The summed E-state index contributed by atoms with van der Waals surface area (Å²) in [5, 5.41) is 8.49. The van der Waals surface area contributed by atoms with Gasteiger partial charge in [-0.1, -0.05) is 0 Å². The molecule has 0 aliphatic heterocycles. The summed E-state index contributed by atoms with van der Waals surface area (Å²) in [7, 11) is 1.42. The van der Waals surface area contributed by atoms with Crippen molar-refractivity contribution >= 4 is 5.91 Å². The minimum absolute atomic E-state index is 0.336. The first kappa shape index (κ1) is 9.33. The highest BCUT2D eigenvalue weighted by Crippen LogP contribution is 2.14. The first-order valence-electron chi connectivity index (χ1n) is 3.81. The molecule has 68 valence electrons. The second kappa shape index (κ2) is 3.31. The van der Waals surface area contributed by atoms with Gasteiger partial charge in [0.25, 0.3) is 5.91 Å². The molecule has 13 heavy (non-hydrogen) atoms. The van der Waals surface area contributed by atoms with Crippen LogP contribution >= 0.6 is 0 Å². The van der Waals surface area contributed by atoms with Crippen LogP contribution in [0.4, 0.5) is 0 Å². The van der Waals surface area contributed by atoms with Gasteiger partial charge in [0.1, 0.15) is 11.5 Å². The molecule has 0 atom stereocenters. The van der Waals surface area contributed by atoms with E-state index < -0.39 is 0 Å². The van der Waals surface area contributed by atoms with E-state index in [2.05, 4.69) is 0 Å². The lowest BCUT2D eigenvalue weighted by atomic mass is 10.2. The zero-order chi connectivity index (χ0) is 10.0. The molecule has 0 aliphatic carbocycles. The maximum absolute atomic E-state index is 11.5. The van der Waals surface area contributed by atoms with Crippen LogP contribution in [0.3, 0.4) is 0 Å². The van der Waals surface area contributed by atoms with E-state index in [9.17, 15) is 4.79 Å². The number of furan rings is 1. The van der Waals surface area contributed by atoms with Gasteiger partial charge < -0.3 is 4.42 Å². The van der Waals surface area contributed by atoms with Gasteiger partial charge >= 0.3 is 0 Å². The molecule has 0 fully saturated rings. The molecule has 0 aliphatic rings. The number of carbonyl (C=O) groups excluding carboxylic acids is 1. The Morgan fingerprint density at radius 2 is 2.23 bits per heavy atom. The number of nitriles is 1. The smallest absolute Gasteiger partial charge is 0.270 e. The molecule has 1 aromatic heterocycles. The molecule has 0 saturated heterocycles. The zero-order valence-electron chi connectivity index (χ0n) is 7.79. The predicted octanol–water partition coefficient (Wildman–Crippen LogP) is 1.45. The topological polar surface area (TPSA) is 57.2 Å². The van der Waals surface area contributed by atoms with Gasteiger partial charge in [-0.25, -0.2) is 4.90 Å². The molecule has 4 heteroatoms. The van der Waals surface area contributed by atoms with Gasteiger partial charge in [0.2, 0.25) is 0 Å². The number of nitrogens with zero attached hydrogens (tertiary/aromatic N) is 2. The van der Waals surface area contributed by atoms with Gasteiger partial charge in [0.05, 0.1) is 5.56 Å². The van der Waals surface area contributed by atoms with E-state index >= 15 is 0 Å². The molecule has 0 N–H and O–H groups in total. The lowest BCUT2D eigenvalue weighted by molar-refractivity contribution is 0.0857. The molecule has 1 rings (SSSR count). The van der Waals surface area contributed by atoms with Crippen molar-refractivity contribution in [3.63, 3.8) is 0 Å². The molecule has 0 aromatic carbocycles. The summed E-state index contributed by atoms with van der Waals surface area (Å²) in [6.07, 6.45) is 1.74. The molecule has 0 bridgehead atoms. The Hall–Kier alpha value is -1.76. The Balaban J connectivity index is 3.03. The van der Waals surface area contributed by atoms with Crippen molar-refractivity contribution in [3.05, 3.63) is 23.2 Å². The van der Waals surface area contributed by atoms with Crippen LogP contribution in [0.2, 0.25) is 0 Å². The minimum Gasteiger partial charge on any atom is -0.466 e. The summed E-state index contributed by atoms with van der Waals surface area (Å²) in [5.41, 5.74) is 0.446. The number of carbonyl (C=O) groups is 1. The quantitative estimate of drug-likeness (QED) is 0.483. The van der Waals surface area contributed by atoms with Gasteiger partial charge in [-0.15, -0.1) is 0 Å². The number of amides is 1. The van der Waals surface area contributed by atoms with Gasteiger partial charge in [0, 0.05) is 7.05 Å². The standard InChI is InChI=1S/C9H10N2O2/c1-6-4-8(7(2)13-6)9(12)11(3)5-10/h4H,1-3H3. The summed E-state index contributed by atoms with van der Waals surface area (Å²) in [6.45, 7) is 3.46. The Labute approximate surface area is 76.4 Å². The van der Waals surface area contributed by atoms with Crippen molar-refractivity contribution in [1.82, 2.24) is 4.90 Å². The van der Waals surface area contributed by atoms with Crippen molar-refractivity contribution in [1.29, 1.82) is 5.26 Å². The van der Waals surface area contributed by atoms with E-state index in [1.807, 2.05) is 0 Å². The molecule has 1 aromatic rings. The molecule has 1 amide bonds. The molecule has 0 spiro atoms. The Morgan fingerprint density at radius 1 is 1.62 bits per heavy atom. The first-order valence-corrected chi connectivity index (χ1v) is 3.81. The van der Waals surface area contributed by atoms with Crippen LogP contribution in [-0.4, -0.2) is 17.9 Å². The number of hydrogen-bond donors (Lipinski definition) is 0. The van der Waals surface area contributed by atoms with Gasteiger partial charge in [-0.05, 0) is 19.9 Å². The largest absolute Gasteiger partial charge is 0.466 e. The average Bonchev–Trinajstić information content (AvgIpc) is 2.42. The van der Waals surface area contributed by atoms with E-state index in [0.717, 1.165) is 4.90 Å². The summed E-state index contributed by atoms with van der Waals surface area (Å²) in [6, 6.07) is 1.63. The van der Waals surface area contributed by atoms with E-state index in [-0.39, 0.29) is 5.91 Å². The van der Waals surface area contributed by atoms with Crippen LogP contribution in [0.5, 0.6) is 0 Å². The van der Waals surface area contributed by atoms with Crippen LogP contribution in [0.1, 0.15) is 21.9 Å². The van der Waals surface area contributed by atoms with Crippen LogP contribution in [0, 0.1) is 25.3 Å². The predicted molar refractivity (Wildman–Crippen MR) is 45.9 cm³/mol. The fraction of sp³-hybridized carbons (Fsp3) is 0.333. The van der Waals surface area contributed by atoms with Gasteiger partial charge in [-0.2, -0.15) is 5.26 Å². The summed E-state index contributed by atoms with van der Waals surface area (Å²) in [4.78, 5) is 12.4. The normalized spacial score (nSPS) is 9.38. The lowest BCUT2D eigenvalue weighted by Crippen LogP contribution is -2.21. The second-order valence-corrected chi connectivity index (χ2v) is 2.79. The van der Waals surface area contributed by atoms with Crippen molar-refractivity contribution in [2.75, 3.05) is 7.05 Å². The van der Waals surface area contributed by atoms with Gasteiger partial charge in [-0.3, -0.25) is 4.79 Å². The third kappa shape index (κ3) is 1.70.